The molecule has 3 N–H and O–H groups in total. The van der Waals surface area contributed by atoms with Crippen molar-refractivity contribution in [2.24, 2.45) is 0 Å². The molecule has 2 rings (SSSR count). The summed E-state index contributed by atoms with van der Waals surface area (Å²) in [6.07, 6.45) is 0. The number of nitrogen functional groups attached to an aromatic ring is 1. The third-order valence-corrected chi connectivity index (χ3v) is 2.68. The molecule has 2 aromatic rings. The number of halogens is 1. The maximum atomic E-state index is 13.3. The molecule has 0 aromatic heterocycles. The Hall–Kier alpha value is -2.43. The van der Waals surface area contributed by atoms with Crippen molar-refractivity contribution in [1.29, 1.82) is 0 Å². The first-order chi connectivity index (χ1) is 9.62. The number of benzene rings is 2. The van der Waals surface area contributed by atoms with Crippen molar-refractivity contribution in [2.75, 3.05) is 24.8 Å². The molecule has 0 spiro atoms. The Morgan fingerprint density at radius 3 is 2.65 bits per heavy atom. The number of ether oxygens (including phenoxy) is 2. The molecule has 0 aliphatic carbocycles. The van der Waals surface area contributed by atoms with Gasteiger partial charge in [-0.3, -0.25) is 0 Å². The van der Waals surface area contributed by atoms with Crippen LogP contribution in [-0.4, -0.2) is 13.7 Å². The van der Waals surface area contributed by atoms with E-state index in [1.807, 2.05) is 13.0 Å². The smallest absolute Gasteiger partial charge is 0.165 e. The van der Waals surface area contributed by atoms with E-state index in [0.29, 0.717) is 23.7 Å². The molecule has 0 saturated carbocycles. The number of nitrogens with one attached hydrogen (secondary N) is 1. The Labute approximate surface area is 117 Å². The predicted octanol–water partition coefficient (Wildman–Crippen LogP) is 3.56. The monoisotopic (exact) mass is 276 g/mol. The minimum absolute atomic E-state index is 0.184. The van der Waals surface area contributed by atoms with Crippen LogP contribution in [0.4, 0.5) is 21.5 Å². The van der Waals surface area contributed by atoms with Gasteiger partial charge in [-0.2, -0.15) is 0 Å². The van der Waals surface area contributed by atoms with Crippen LogP contribution in [0.5, 0.6) is 11.5 Å². The van der Waals surface area contributed by atoms with E-state index < -0.39 is 5.82 Å². The van der Waals surface area contributed by atoms with Crippen molar-refractivity contribution < 1.29 is 13.9 Å². The Morgan fingerprint density at radius 1 is 1.15 bits per heavy atom. The van der Waals surface area contributed by atoms with Crippen LogP contribution in [0.15, 0.2) is 36.4 Å². The summed E-state index contributed by atoms with van der Waals surface area (Å²) in [6, 6.07) is 9.91. The summed E-state index contributed by atoms with van der Waals surface area (Å²) in [7, 11) is 1.43. The summed E-state index contributed by atoms with van der Waals surface area (Å²) in [5, 5.41) is 3.14. The summed E-state index contributed by atoms with van der Waals surface area (Å²) >= 11 is 0. The van der Waals surface area contributed by atoms with Gasteiger partial charge in [-0.1, -0.05) is 0 Å². The van der Waals surface area contributed by atoms with E-state index in [1.165, 1.54) is 13.2 Å². The van der Waals surface area contributed by atoms with Crippen LogP contribution in [-0.2, 0) is 0 Å². The fourth-order valence-electron chi connectivity index (χ4n) is 1.85. The zero-order valence-electron chi connectivity index (χ0n) is 11.4. The van der Waals surface area contributed by atoms with Gasteiger partial charge in [0.05, 0.1) is 13.7 Å². The Balaban J connectivity index is 2.25. The summed E-state index contributed by atoms with van der Waals surface area (Å²) in [4.78, 5) is 0. The molecule has 5 heteroatoms. The van der Waals surface area contributed by atoms with Crippen LogP contribution in [0.2, 0.25) is 0 Å². The molecular weight excluding hydrogens is 259 g/mol. The van der Waals surface area contributed by atoms with Crippen molar-refractivity contribution in [3.05, 3.63) is 42.2 Å². The maximum absolute atomic E-state index is 13.3. The molecule has 4 nitrogen and oxygen atoms in total. The quantitative estimate of drug-likeness (QED) is 0.820. The number of nitrogens with two attached hydrogens (primary N) is 1. The lowest BCUT2D eigenvalue weighted by Crippen LogP contribution is -1.97. The van der Waals surface area contributed by atoms with E-state index >= 15 is 0 Å². The van der Waals surface area contributed by atoms with Crippen molar-refractivity contribution in [2.45, 2.75) is 6.92 Å². The van der Waals surface area contributed by atoms with E-state index in [9.17, 15) is 4.39 Å². The van der Waals surface area contributed by atoms with E-state index in [2.05, 4.69) is 5.32 Å². The zero-order valence-corrected chi connectivity index (χ0v) is 11.4. The van der Waals surface area contributed by atoms with E-state index in [-0.39, 0.29) is 5.75 Å². The first-order valence-electron chi connectivity index (χ1n) is 6.26. The highest BCUT2D eigenvalue weighted by atomic mass is 19.1. The third kappa shape index (κ3) is 3.32. The molecule has 20 heavy (non-hydrogen) atoms. The fourth-order valence-corrected chi connectivity index (χ4v) is 1.85. The van der Waals surface area contributed by atoms with Crippen molar-refractivity contribution >= 4 is 17.1 Å². The molecule has 2 aromatic carbocycles. The van der Waals surface area contributed by atoms with Gasteiger partial charge in [0.1, 0.15) is 5.75 Å². The molecule has 0 bridgehead atoms. The van der Waals surface area contributed by atoms with Gasteiger partial charge in [0, 0.05) is 35.3 Å². The van der Waals surface area contributed by atoms with Gasteiger partial charge in [0.25, 0.3) is 0 Å². The first kappa shape index (κ1) is 14.0. The van der Waals surface area contributed by atoms with Crippen LogP contribution in [0.25, 0.3) is 0 Å². The van der Waals surface area contributed by atoms with Gasteiger partial charge < -0.3 is 20.5 Å². The van der Waals surface area contributed by atoms with Gasteiger partial charge in [-0.15, -0.1) is 0 Å². The minimum atomic E-state index is -0.402. The lowest BCUT2D eigenvalue weighted by atomic mass is 10.2. The number of rotatable bonds is 5. The van der Waals surface area contributed by atoms with Gasteiger partial charge in [-0.05, 0) is 25.1 Å². The summed E-state index contributed by atoms with van der Waals surface area (Å²) in [5.74, 6) is 0.466. The molecule has 0 amide bonds. The molecule has 0 heterocycles. The van der Waals surface area contributed by atoms with Crippen molar-refractivity contribution in [3.8, 4) is 11.5 Å². The molecule has 0 fully saturated rings. The van der Waals surface area contributed by atoms with Gasteiger partial charge >= 0.3 is 0 Å². The number of anilines is 3. The molecule has 0 atom stereocenters. The molecule has 0 radical (unpaired) electrons. The normalized spacial score (nSPS) is 10.2. The lowest BCUT2D eigenvalue weighted by Gasteiger charge is -2.11. The highest BCUT2D eigenvalue weighted by Crippen LogP contribution is 2.28. The second kappa shape index (κ2) is 6.14. The largest absolute Gasteiger partial charge is 0.494 e. The minimum Gasteiger partial charge on any atom is -0.494 e. The number of methoxy groups -OCH3 is 1. The summed E-state index contributed by atoms with van der Waals surface area (Å²) in [6.45, 7) is 2.47. The number of hydrogen-bond donors (Lipinski definition) is 2. The van der Waals surface area contributed by atoms with Crippen LogP contribution in [0, 0.1) is 5.82 Å². The maximum Gasteiger partial charge on any atom is 0.165 e. The van der Waals surface area contributed by atoms with Crippen LogP contribution >= 0.6 is 0 Å². The first-order valence-corrected chi connectivity index (χ1v) is 6.26. The average molecular weight is 276 g/mol. The standard InChI is InChI=1S/C15H17FN2O2/c1-3-20-13-7-10(17)6-12(8-13)18-11-4-5-14(16)15(9-11)19-2/h4-9,18H,3,17H2,1-2H3. The van der Waals surface area contributed by atoms with E-state index in [4.69, 9.17) is 15.2 Å². The molecule has 0 aliphatic rings. The predicted molar refractivity (Wildman–Crippen MR) is 78.3 cm³/mol. The van der Waals surface area contributed by atoms with Gasteiger partial charge in [0.15, 0.2) is 11.6 Å². The Morgan fingerprint density at radius 2 is 1.95 bits per heavy atom. The van der Waals surface area contributed by atoms with E-state index in [0.717, 1.165) is 5.69 Å². The lowest BCUT2D eigenvalue weighted by molar-refractivity contribution is 0.340. The zero-order chi connectivity index (χ0) is 14.5. The second-order valence-electron chi connectivity index (χ2n) is 4.20. The molecule has 0 saturated heterocycles. The van der Waals surface area contributed by atoms with Crippen LogP contribution < -0.4 is 20.5 Å². The third-order valence-electron chi connectivity index (χ3n) is 2.68. The highest BCUT2D eigenvalue weighted by Gasteiger charge is 2.05. The molecular formula is C15H17FN2O2. The van der Waals surface area contributed by atoms with Gasteiger partial charge in [-0.25, -0.2) is 4.39 Å². The average Bonchev–Trinajstić information content (AvgIpc) is 2.40. The van der Waals surface area contributed by atoms with Gasteiger partial charge in [0.2, 0.25) is 0 Å². The van der Waals surface area contributed by atoms with Crippen molar-refractivity contribution in [1.82, 2.24) is 0 Å². The van der Waals surface area contributed by atoms with Crippen LogP contribution in [0.1, 0.15) is 6.92 Å². The highest BCUT2D eigenvalue weighted by molar-refractivity contribution is 5.67. The number of hydrogen-bond acceptors (Lipinski definition) is 4. The van der Waals surface area contributed by atoms with Crippen LogP contribution in [0.3, 0.4) is 0 Å². The SMILES string of the molecule is CCOc1cc(N)cc(Nc2ccc(F)c(OC)c2)c1. The fraction of sp³-hybridized carbons (Fsp3) is 0.200. The van der Waals surface area contributed by atoms with Crippen molar-refractivity contribution in [3.63, 3.8) is 0 Å². The summed E-state index contributed by atoms with van der Waals surface area (Å²) < 4.78 is 23.7. The summed E-state index contributed by atoms with van der Waals surface area (Å²) in [5.41, 5.74) is 7.88. The molecule has 0 unspecified atom stereocenters. The molecule has 106 valence electrons. The topological polar surface area (TPSA) is 56.5 Å². The Kier molecular flexibility index (Phi) is 4.30. The van der Waals surface area contributed by atoms with E-state index in [1.54, 1.807) is 24.3 Å². The molecule has 0 aliphatic heterocycles. The second-order valence-corrected chi connectivity index (χ2v) is 4.20. The Bertz CT molecular complexity index is 602.